The van der Waals surface area contributed by atoms with Crippen molar-refractivity contribution in [1.82, 2.24) is 0 Å². The molecule has 0 aliphatic carbocycles. The zero-order valence-electron chi connectivity index (χ0n) is 14.7. The van der Waals surface area contributed by atoms with Crippen LogP contribution < -0.4 is 4.74 Å². The summed E-state index contributed by atoms with van der Waals surface area (Å²) >= 11 is 0. The molecule has 1 aliphatic heterocycles. The summed E-state index contributed by atoms with van der Waals surface area (Å²) in [6, 6.07) is 18.2. The van der Waals surface area contributed by atoms with E-state index in [1.54, 1.807) is 48.5 Å². The number of rotatable bonds is 3. The molecule has 7 heteroatoms. The third kappa shape index (κ3) is 2.52. The van der Waals surface area contributed by atoms with E-state index in [1.807, 2.05) is 0 Å². The van der Waals surface area contributed by atoms with E-state index in [0.717, 1.165) is 5.39 Å². The third-order valence-electron chi connectivity index (χ3n) is 4.89. The molecule has 29 heavy (non-hydrogen) atoms. The Balaban J connectivity index is 1.73. The molecular formula is C22H11NO6. The van der Waals surface area contributed by atoms with Crippen LogP contribution in [-0.2, 0) is 4.74 Å². The molecule has 7 nitrogen and oxygen atoms in total. The Morgan fingerprint density at radius 1 is 0.759 bits per heavy atom. The second-order valence-corrected chi connectivity index (χ2v) is 6.51. The summed E-state index contributed by atoms with van der Waals surface area (Å²) in [5.41, 5.74) is 0.338. The molecule has 0 unspecified atom stereocenters. The fourth-order valence-electron chi connectivity index (χ4n) is 3.63. The molecule has 5 rings (SSSR count). The Morgan fingerprint density at radius 3 is 2.24 bits per heavy atom. The van der Waals surface area contributed by atoms with E-state index in [9.17, 15) is 19.7 Å². The summed E-state index contributed by atoms with van der Waals surface area (Å²) < 4.78 is 10.7. The van der Waals surface area contributed by atoms with Gasteiger partial charge in [0.25, 0.3) is 0 Å². The largest absolute Gasteiger partial charge is 0.449 e. The molecule has 0 saturated carbocycles. The second-order valence-electron chi connectivity index (χ2n) is 6.51. The van der Waals surface area contributed by atoms with Gasteiger partial charge in [0.2, 0.25) is 5.75 Å². The highest BCUT2D eigenvalue weighted by atomic mass is 16.6. The maximum atomic E-state index is 12.1. The molecule has 0 N–H and O–H groups in total. The van der Waals surface area contributed by atoms with Gasteiger partial charge >= 0.3 is 17.6 Å². The van der Waals surface area contributed by atoms with E-state index in [-0.39, 0.29) is 22.6 Å². The predicted molar refractivity (Wildman–Crippen MR) is 104 cm³/mol. The molecular weight excluding hydrogens is 374 g/mol. The number of nitro benzene ring substituents is 1. The Kier molecular flexibility index (Phi) is 3.57. The van der Waals surface area contributed by atoms with Crippen molar-refractivity contribution in [3.63, 3.8) is 0 Å². The van der Waals surface area contributed by atoms with Gasteiger partial charge in [0.15, 0.2) is 0 Å². The average molecular weight is 385 g/mol. The van der Waals surface area contributed by atoms with Crippen LogP contribution in [0.2, 0.25) is 0 Å². The Hall–Kier alpha value is -4.26. The number of cyclic esters (lactones) is 2. The molecule has 0 amide bonds. The smallest absolute Gasteiger partial charge is 0.346 e. The van der Waals surface area contributed by atoms with E-state index in [2.05, 4.69) is 0 Å². The van der Waals surface area contributed by atoms with Crippen LogP contribution in [0.3, 0.4) is 0 Å². The fourth-order valence-corrected chi connectivity index (χ4v) is 3.63. The molecule has 4 aromatic carbocycles. The third-order valence-corrected chi connectivity index (χ3v) is 4.89. The number of nitrogens with zero attached hydrogens (tertiary/aromatic N) is 1. The summed E-state index contributed by atoms with van der Waals surface area (Å²) in [6.45, 7) is 0. The van der Waals surface area contributed by atoms with E-state index in [1.165, 1.54) is 18.2 Å². The highest BCUT2D eigenvalue weighted by Crippen LogP contribution is 2.41. The first-order valence-electron chi connectivity index (χ1n) is 8.71. The predicted octanol–water partition coefficient (Wildman–Crippen LogP) is 5.00. The second kappa shape index (κ2) is 6.13. The topological polar surface area (TPSA) is 95.7 Å². The molecule has 0 saturated heterocycles. The number of fused-ring (bicyclic) bond motifs is 1. The van der Waals surface area contributed by atoms with Gasteiger partial charge in [0, 0.05) is 10.8 Å². The van der Waals surface area contributed by atoms with Gasteiger partial charge in [-0.1, -0.05) is 36.4 Å². The maximum absolute atomic E-state index is 12.1. The quantitative estimate of drug-likeness (QED) is 0.213. The number of esters is 2. The molecule has 0 radical (unpaired) electrons. The van der Waals surface area contributed by atoms with Crippen molar-refractivity contribution in [2.24, 2.45) is 0 Å². The van der Waals surface area contributed by atoms with E-state index < -0.39 is 16.9 Å². The number of ether oxygens (including phenoxy) is 2. The standard InChI is InChI=1S/C22H11NO6/c24-21-15-7-3-6-14-17(11-9-16(19(14)15)22(25)29-21)28-18-10-8-12-4-1-2-5-13(12)20(18)23(26)27/h1-11H. The van der Waals surface area contributed by atoms with Gasteiger partial charge in [-0.2, -0.15) is 0 Å². The molecule has 0 fully saturated rings. The Bertz CT molecular complexity index is 1350. The molecule has 0 aromatic heterocycles. The number of hydrogen-bond donors (Lipinski definition) is 0. The van der Waals surface area contributed by atoms with Gasteiger partial charge in [0.05, 0.1) is 21.4 Å². The minimum absolute atomic E-state index is 0.0686. The lowest BCUT2D eigenvalue weighted by Gasteiger charge is -2.17. The van der Waals surface area contributed by atoms with Gasteiger partial charge in [-0.05, 0) is 35.7 Å². The first kappa shape index (κ1) is 16.9. The van der Waals surface area contributed by atoms with Gasteiger partial charge in [-0.25, -0.2) is 9.59 Å². The SMILES string of the molecule is O=C1OC(=O)c2ccc(Oc3ccc4ccccc4c3[N+](=O)[O-])c3cccc1c23. The van der Waals surface area contributed by atoms with Crippen LogP contribution >= 0.6 is 0 Å². The van der Waals surface area contributed by atoms with Crippen molar-refractivity contribution in [1.29, 1.82) is 0 Å². The minimum atomic E-state index is -0.734. The zero-order chi connectivity index (χ0) is 20.1. The number of benzene rings is 4. The maximum Gasteiger partial charge on any atom is 0.346 e. The molecule has 1 aliphatic rings. The Labute approximate surface area is 163 Å². The van der Waals surface area contributed by atoms with Crippen LogP contribution in [-0.4, -0.2) is 16.9 Å². The molecule has 1 heterocycles. The van der Waals surface area contributed by atoms with Gasteiger partial charge < -0.3 is 9.47 Å². The van der Waals surface area contributed by atoms with Crippen LogP contribution in [0.15, 0.2) is 66.7 Å². The van der Waals surface area contributed by atoms with Crippen LogP contribution in [0.1, 0.15) is 20.7 Å². The first-order valence-corrected chi connectivity index (χ1v) is 8.71. The van der Waals surface area contributed by atoms with Crippen molar-refractivity contribution >= 4 is 39.2 Å². The summed E-state index contributed by atoms with van der Waals surface area (Å²) in [6.07, 6.45) is 0. The number of carbonyl (C=O) groups excluding carboxylic acids is 2. The summed E-state index contributed by atoms with van der Waals surface area (Å²) in [5, 5.41) is 13.8. The number of hydrogen-bond acceptors (Lipinski definition) is 6. The van der Waals surface area contributed by atoms with Crippen LogP contribution in [0, 0.1) is 10.1 Å². The van der Waals surface area contributed by atoms with E-state index in [4.69, 9.17) is 9.47 Å². The van der Waals surface area contributed by atoms with Crippen molar-refractivity contribution in [3.8, 4) is 11.5 Å². The number of nitro groups is 1. The lowest BCUT2D eigenvalue weighted by Crippen LogP contribution is -2.19. The van der Waals surface area contributed by atoms with Gasteiger partial charge in [0.1, 0.15) is 5.75 Å². The monoisotopic (exact) mass is 385 g/mol. The first-order chi connectivity index (χ1) is 14.0. The Morgan fingerprint density at radius 2 is 1.45 bits per heavy atom. The lowest BCUT2D eigenvalue weighted by molar-refractivity contribution is -0.383. The van der Waals surface area contributed by atoms with E-state index in [0.29, 0.717) is 21.9 Å². The van der Waals surface area contributed by atoms with Crippen LogP contribution in [0.4, 0.5) is 5.69 Å². The molecule has 0 spiro atoms. The normalized spacial score (nSPS) is 12.8. The summed E-state index contributed by atoms with van der Waals surface area (Å²) in [7, 11) is 0. The summed E-state index contributed by atoms with van der Waals surface area (Å²) in [4.78, 5) is 35.4. The fraction of sp³-hybridized carbons (Fsp3) is 0. The highest BCUT2D eigenvalue weighted by molar-refractivity contribution is 6.21. The van der Waals surface area contributed by atoms with Crippen molar-refractivity contribution in [3.05, 3.63) is 88.0 Å². The molecule has 140 valence electrons. The highest BCUT2D eigenvalue weighted by Gasteiger charge is 2.29. The molecule has 0 atom stereocenters. The van der Waals surface area contributed by atoms with Crippen molar-refractivity contribution < 1.29 is 24.0 Å². The van der Waals surface area contributed by atoms with Gasteiger partial charge in [-0.3, -0.25) is 10.1 Å². The van der Waals surface area contributed by atoms with Crippen LogP contribution in [0.25, 0.3) is 21.5 Å². The molecule has 4 aromatic rings. The zero-order valence-corrected chi connectivity index (χ0v) is 14.7. The lowest BCUT2D eigenvalue weighted by atomic mass is 9.96. The minimum Gasteiger partial charge on any atom is -0.449 e. The van der Waals surface area contributed by atoms with E-state index >= 15 is 0 Å². The number of carbonyl (C=O) groups is 2. The average Bonchev–Trinajstić information content (AvgIpc) is 2.72. The van der Waals surface area contributed by atoms with Crippen molar-refractivity contribution in [2.75, 3.05) is 0 Å². The summed E-state index contributed by atoms with van der Waals surface area (Å²) in [5.74, 6) is -1.10. The van der Waals surface area contributed by atoms with Crippen LogP contribution in [0.5, 0.6) is 11.5 Å². The van der Waals surface area contributed by atoms with Crippen molar-refractivity contribution in [2.45, 2.75) is 0 Å². The van der Waals surface area contributed by atoms with Gasteiger partial charge in [-0.15, -0.1) is 0 Å². The molecule has 0 bridgehead atoms.